The van der Waals surface area contributed by atoms with E-state index < -0.39 is 23.6 Å². The van der Waals surface area contributed by atoms with Gasteiger partial charge in [0.2, 0.25) is 5.91 Å². The molecule has 55 heavy (non-hydrogen) atoms. The number of alkyl carbamates (subject to hydrolysis) is 1. The highest BCUT2D eigenvalue weighted by molar-refractivity contribution is 5.84. The lowest BCUT2D eigenvalue weighted by Crippen LogP contribution is -2.48. The van der Waals surface area contributed by atoms with E-state index in [1.807, 2.05) is 127 Å². The van der Waals surface area contributed by atoms with E-state index in [-0.39, 0.29) is 37.9 Å². The van der Waals surface area contributed by atoms with Gasteiger partial charge in [-0.3, -0.25) is 4.79 Å². The Kier molecular flexibility index (Phi) is 11.3. The summed E-state index contributed by atoms with van der Waals surface area (Å²) < 4.78 is 16.7. The standard InChI is InChI=1S/C47H42N2O6/c1-53-37-27-25-33(26-28-37)31-54-45(51)43(48-46(52)55-32-42-40-23-13-11-21-38(40)39-22-12-14-24-41(39)42)29-30-44(50)49-47(34-15-5-2-6-16-34,35-17-7-3-8-18-35)36-19-9-4-10-20-36/h2-28,42-43H,29-32H2,1H3,(H,48,52)(H,49,50)/t43-/m0/s1. The summed E-state index contributed by atoms with van der Waals surface area (Å²) >= 11 is 0. The first-order valence-electron chi connectivity index (χ1n) is 18.3. The topological polar surface area (TPSA) is 103 Å². The number of ether oxygens (including phenoxy) is 3. The second-order valence-corrected chi connectivity index (χ2v) is 13.4. The van der Waals surface area contributed by atoms with Crippen LogP contribution >= 0.6 is 0 Å². The summed E-state index contributed by atoms with van der Waals surface area (Å²) in [4.78, 5) is 41.3. The van der Waals surface area contributed by atoms with Crippen LogP contribution in [0.2, 0.25) is 0 Å². The summed E-state index contributed by atoms with van der Waals surface area (Å²) in [5, 5.41) is 6.05. The number of amides is 2. The van der Waals surface area contributed by atoms with Crippen LogP contribution in [0.5, 0.6) is 5.75 Å². The van der Waals surface area contributed by atoms with Crippen molar-refractivity contribution in [1.29, 1.82) is 0 Å². The van der Waals surface area contributed by atoms with Crippen LogP contribution in [0.25, 0.3) is 11.1 Å². The number of hydrogen-bond donors (Lipinski definition) is 2. The van der Waals surface area contributed by atoms with Crippen molar-refractivity contribution in [3.63, 3.8) is 0 Å². The number of esters is 1. The minimum Gasteiger partial charge on any atom is -0.497 e. The molecule has 2 N–H and O–H groups in total. The average molecular weight is 731 g/mol. The fourth-order valence-corrected chi connectivity index (χ4v) is 7.34. The Morgan fingerprint density at radius 3 is 1.62 bits per heavy atom. The Labute approximate surface area is 321 Å². The van der Waals surface area contributed by atoms with E-state index in [0.29, 0.717) is 5.75 Å². The third-order valence-electron chi connectivity index (χ3n) is 10.1. The highest BCUT2D eigenvalue weighted by Crippen LogP contribution is 2.44. The van der Waals surface area contributed by atoms with Crippen LogP contribution in [0.15, 0.2) is 164 Å². The molecule has 8 heteroatoms. The Bertz CT molecular complexity index is 2080. The zero-order valence-corrected chi connectivity index (χ0v) is 30.5. The van der Waals surface area contributed by atoms with Crippen molar-refractivity contribution in [2.24, 2.45) is 0 Å². The third-order valence-corrected chi connectivity index (χ3v) is 10.1. The van der Waals surface area contributed by atoms with Crippen LogP contribution in [0.4, 0.5) is 4.79 Å². The molecule has 0 aliphatic heterocycles. The molecule has 0 heterocycles. The average Bonchev–Trinajstić information content (AvgIpc) is 3.57. The number of benzene rings is 6. The van der Waals surface area contributed by atoms with Crippen molar-refractivity contribution < 1.29 is 28.6 Å². The Morgan fingerprint density at radius 1 is 0.618 bits per heavy atom. The van der Waals surface area contributed by atoms with Gasteiger partial charge in [-0.25, -0.2) is 9.59 Å². The predicted octanol–water partition coefficient (Wildman–Crippen LogP) is 8.53. The quantitative estimate of drug-likeness (QED) is 0.0861. The smallest absolute Gasteiger partial charge is 0.407 e. The summed E-state index contributed by atoms with van der Waals surface area (Å²) in [6.07, 6.45) is -0.910. The maximum absolute atomic E-state index is 14.1. The number of carbonyl (C=O) groups is 3. The number of carbonyl (C=O) groups excluding carboxylic acids is 3. The maximum Gasteiger partial charge on any atom is 0.407 e. The van der Waals surface area contributed by atoms with E-state index in [1.165, 1.54) is 0 Å². The number of fused-ring (bicyclic) bond motifs is 3. The monoisotopic (exact) mass is 730 g/mol. The van der Waals surface area contributed by atoms with Gasteiger partial charge in [-0.2, -0.15) is 0 Å². The Balaban J connectivity index is 1.10. The SMILES string of the molecule is COc1ccc(COC(=O)[C@H](CCC(=O)NC(c2ccccc2)(c2ccccc2)c2ccccc2)NC(=O)OCC2c3ccccc3-c3ccccc32)cc1. The summed E-state index contributed by atoms with van der Waals surface area (Å²) in [5.41, 5.74) is 6.67. The fourth-order valence-electron chi connectivity index (χ4n) is 7.34. The third kappa shape index (κ3) is 8.14. The van der Waals surface area contributed by atoms with Crippen LogP contribution in [-0.2, 0) is 31.2 Å². The molecule has 1 aliphatic rings. The van der Waals surface area contributed by atoms with Crippen LogP contribution in [-0.4, -0.2) is 37.7 Å². The lowest BCUT2D eigenvalue weighted by atomic mass is 9.77. The van der Waals surface area contributed by atoms with Gasteiger partial charge < -0.3 is 24.8 Å². The molecule has 8 nitrogen and oxygen atoms in total. The van der Waals surface area contributed by atoms with Crippen molar-refractivity contribution in [3.05, 3.63) is 197 Å². The van der Waals surface area contributed by atoms with Crippen molar-refractivity contribution in [3.8, 4) is 16.9 Å². The molecule has 6 aromatic rings. The second kappa shape index (κ2) is 17.0. The van der Waals surface area contributed by atoms with Gasteiger partial charge in [-0.05, 0) is 63.1 Å². The van der Waals surface area contributed by atoms with E-state index in [9.17, 15) is 14.4 Å². The van der Waals surface area contributed by atoms with E-state index >= 15 is 0 Å². The normalized spacial score (nSPS) is 12.5. The molecule has 0 bridgehead atoms. The van der Waals surface area contributed by atoms with Crippen LogP contribution in [0.3, 0.4) is 0 Å². The summed E-state index contributed by atoms with van der Waals surface area (Å²) in [6, 6.07) is 51.5. The molecule has 276 valence electrons. The molecular weight excluding hydrogens is 689 g/mol. The molecule has 0 unspecified atom stereocenters. The van der Waals surface area contributed by atoms with E-state index in [4.69, 9.17) is 14.2 Å². The highest BCUT2D eigenvalue weighted by atomic mass is 16.6. The Hall–Kier alpha value is -6.67. The summed E-state index contributed by atoms with van der Waals surface area (Å²) in [5.74, 6) is -0.489. The first kappa shape index (κ1) is 36.7. The van der Waals surface area contributed by atoms with Crippen LogP contribution in [0, 0.1) is 0 Å². The van der Waals surface area contributed by atoms with Gasteiger partial charge in [0.15, 0.2) is 0 Å². The summed E-state index contributed by atoms with van der Waals surface area (Å²) in [6.45, 7) is 0.0404. The summed E-state index contributed by atoms with van der Waals surface area (Å²) in [7, 11) is 1.58. The minimum absolute atomic E-state index is 0.0307. The zero-order chi connectivity index (χ0) is 38.0. The zero-order valence-electron chi connectivity index (χ0n) is 30.5. The van der Waals surface area contributed by atoms with Gasteiger partial charge in [0.05, 0.1) is 7.11 Å². The highest BCUT2D eigenvalue weighted by Gasteiger charge is 2.38. The molecule has 2 amide bonds. The number of hydrogen-bond acceptors (Lipinski definition) is 6. The first-order valence-corrected chi connectivity index (χ1v) is 18.3. The molecule has 0 spiro atoms. The van der Waals surface area contributed by atoms with Crippen molar-refractivity contribution >= 4 is 18.0 Å². The Morgan fingerprint density at radius 2 is 1.11 bits per heavy atom. The molecule has 0 aromatic heterocycles. The van der Waals surface area contributed by atoms with Crippen LogP contribution < -0.4 is 15.4 Å². The van der Waals surface area contributed by atoms with Gasteiger partial charge in [-0.15, -0.1) is 0 Å². The predicted molar refractivity (Wildman–Crippen MR) is 211 cm³/mol. The van der Waals surface area contributed by atoms with Crippen LogP contribution in [0.1, 0.15) is 52.1 Å². The molecule has 6 aromatic carbocycles. The van der Waals surface area contributed by atoms with Gasteiger partial charge in [0.25, 0.3) is 0 Å². The van der Waals surface area contributed by atoms with Crippen molar-refractivity contribution in [2.75, 3.05) is 13.7 Å². The van der Waals surface area contributed by atoms with Gasteiger partial charge in [-0.1, -0.05) is 152 Å². The van der Waals surface area contributed by atoms with Crippen molar-refractivity contribution in [2.45, 2.75) is 36.9 Å². The molecule has 0 saturated heterocycles. The van der Waals surface area contributed by atoms with E-state index in [0.717, 1.165) is 44.5 Å². The number of methoxy groups -OCH3 is 1. The van der Waals surface area contributed by atoms with E-state index in [1.54, 1.807) is 31.4 Å². The number of nitrogens with one attached hydrogen (secondary N) is 2. The van der Waals surface area contributed by atoms with Gasteiger partial charge >= 0.3 is 12.1 Å². The van der Waals surface area contributed by atoms with Gasteiger partial charge in [0.1, 0.15) is 30.5 Å². The molecular formula is C47H42N2O6. The first-order chi connectivity index (χ1) is 27.0. The molecule has 1 aliphatic carbocycles. The second-order valence-electron chi connectivity index (χ2n) is 13.4. The lowest BCUT2D eigenvalue weighted by molar-refractivity contribution is -0.147. The largest absolute Gasteiger partial charge is 0.497 e. The molecule has 0 fully saturated rings. The minimum atomic E-state index is -1.17. The van der Waals surface area contributed by atoms with Crippen molar-refractivity contribution in [1.82, 2.24) is 10.6 Å². The van der Waals surface area contributed by atoms with Gasteiger partial charge in [0, 0.05) is 12.3 Å². The lowest BCUT2D eigenvalue weighted by Gasteiger charge is -2.37. The molecule has 0 saturated carbocycles. The van der Waals surface area contributed by atoms with E-state index in [2.05, 4.69) is 22.8 Å². The molecule has 0 radical (unpaired) electrons. The molecule has 7 rings (SSSR count). The fraction of sp³-hybridized carbons (Fsp3) is 0.170. The molecule has 1 atom stereocenters. The maximum atomic E-state index is 14.1. The number of rotatable bonds is 14.